The average Bonchev–Trinajstić information content (AvgIpc) is 3.30. The first kappa shape index (κ1) is 16.3. The van der Waals surface area contributed by atoms with E-state index < -0.39 is 5.60 Å². The standard InChI is InChI=1S/C17H22N4O4/c1-13-15(3-6-24-13)16(22)20-5-7-23-10-17(9-20)4-2-14(25-17)8-21-12-18-11-19-21/h3,6,11-12,14H,2,4-5,7-10H2,1H3/t14-,17-/m0/s1. The summed E-state index contributed by atoms with van der Waals surface area (Å²) in [6, 6.07) is 1.72. The van der Waals surface area contributed by atoms with Gasteiger partial charge >= 0.3 is 0 Å². The molecule has 2 aromatic rings. The number of rotatable bonds is 3. The van der Waals surface area contributed by atoms with E-state index in [0.717, 1.165) is 12.8 Å². The molecule has 25 heavy (non-hydrogen) atoms. The molecule has 0 aliphatic carbocycles. The van der Waals surface area contributed by atoms with Crippen LogP contribution in [0.1, 0.15) is 29.0 Å². The summed E-state index contributed by atoms with van der Waals surface area (Å²) in [4.78, 5) is 18.6. The minimum atomic E-state index is -0.449. The van der Waals surface area contributed by atoms with E-state index in [1.54, 1.807) is 30.3 Å². The number of hydrogen-bond donors (Lipinski definition) is 0. The molecule has 1 amide bonds. The monoisotopic (exact) mass is 346 g/mol. The Morgan fingerprint density at radius 2 is 2.40 bits per heavy atom. The van der Waals surface area contributed by atoms with E-state index in [1.807, 2.05) is 4.90 Å². The molecule has 2 atom stereocenters. The molecule has 0 N–H and O–H groups in total. The summed E-state index contributed by atoms with van der Waals surface area (Å²) >= 11 is 0. The molecule has 2 fully saturated rings. The van der Waals surface area contributed by atoms with Crippen molar-refractivity contribution in [3.63, 3.8) is 0 Å². The number of ether oxygens (including phenoxy) is 2. The first-order valence-electron chi connectivity index (χ1n) is 8.57. The Hall–Kier alpha value is -2.19. The molecule has 2 aliphatic heterocycles. The first-order valence-corrected chi connectivity index (χ1v) is 8.57. The van der Waals surface area contributed by atoms with E-state index in [-0.39, 0.29) is 12.0 Å². The third-order valence-electron chi connectivity index (χ3n) is 4.92. The lowest BCUT2D eigenvalue weighted by molar-refractivity contribution is -0.0881. The Morgan fingerprint density at radius 1 is 1.48 bits per heavy atom. The molecular formula is C17H22N4O4. The minimum Gasteiger partial charge on any atom is -0.469 e. The molecule has 0 unspecified atom stereocenters. The normalized spacial score (nSPS) is 26.9. The lowest BCUT2D eigenvalue weighted by Crippen LogP contribution is -2.47. The van der Waals surface area contributed by atoms with Gasteiger partial charge in [-0.05, 0) is 25.8 Å². The molecule has 2 aliphatic rings. The van der Waals surface area contributed by atoms with Gasteiger partial charge in [-0.2, -0.15) is 5.10 Å². The number of nitrogens with zero attached hydrogens (tertiary/aromatic N) is 4. The molecule has 0 radical (unpaired) electrons. The van der Waals surface area contributed by atoms with Gasteiger partial charge in [-0.1, -0.05) is 0 Å². The third kappa shape index (κ3) is 3.32. The third-order valence-corrected chi connectivity index (χ3v) is 4.92. The topological polar surface area (TPSA) is 82.6 Å². The molecule has 1 spiro atoms. The summed E-state index contributed by atoms with van der Waals surface area (Å²) in [5.74, 6) is 0.611. The van der Waals surface area contributed by atoms with Crippen molar-refractivity contribution in [3.8, 4) is 0 Å². The van der Waals surface area contributed by atoms with Gasteiger partial charge < -0.3 is 18.8 Å². The smallest absolute Gasteiger partial charge is 0.257 e. The second kappa shape index (κ2) is 6.61. The SMILES string of the molecule is Cc1occc1C(=O)N1CCOC[C@]2(CC[C@@H](Cn3cncn3)O2)C1. The minimum absolute atomic E-state index is 0.0283. The van der Waals surface area contributed by atoms with Crippen LogP contribution in [-0.4, -0.2) is 63.6 Å². The summed E-state index contributed by atoms with van der Waals surface area (Å²) in [6.07, 6.45) is 6.59. The fourth-order valence-electron chi connectivity index (χ4n) is 3.64. The molecule has 8 heteroatoms. The molecule has 4 heterocycles. The van der Waals surface area contributed by atoms with Crippen molar-refractivity contribution in [2.75, 3.05) is 26.3 Å². The van der Waals surface area contributed by atoms with Crippen LogP contribution in [0.4, 0.5) is 0 Å². The molecule has 0 aromatic carbocycles. The number of carbonyl (C=O) groups excluding carboxylic acids is 1. The summed E-state index contributed by atoms with van der Waals surface area (Å²) in [6.45, 7) is 4.58. The second-order valence-electron chi connectivity index (χ2n) is 6.75. The number of aromatic nitrogens is 3. The van der Waals surface area contributed by atoms with Crippen LogP contribution in [0, 0.1) is 6.92 Å². The van der Waals surface area contributed by atoms with Gasteiger partial charge in [-0.25, -0.2) is 4.98 Å². The van der Waals surface area contributed by atoms with Crippen molar-refractivity contribution in [3.05, 3.63) is 36.3 Å². The number of hydrogen-bond acceptors (Lipinski definition) is 6. The molecule has 4 rings (SSSR count). The quantitative estimate of drug-likeness (QED) is 0.832. The van der Waals surface area contributed by atoms with Gasteiger partial charge in [0.15, 0.2) is 0 Å². The van der Waals surface area contributed by atoms with Crippen LogP contribution in [0.25, 0.3) is 0 Å². The molecule has 134 valence electrons. The fourth-order valence-corrected chi connectivity index (χ4v) is 3.64. The Kier molecular flexibility index (Phi) is 4.30. The Bertz CT molecular complexity index is 729. The van der Waals surface area contributed by atoms with E-state index in [4.69, 9.17) is 13.9 Å². The van der Waals surface area contributed by atoms with E-state index in [9.17, 15) is 4.79 Å². The molecule has 8 nitrogen and oxygen atoms in total. The van der Waals surface area contributed by atoms with Gasteiger partial charge in [-0.15, -0.1) is 0 Å². The van der Waals surface area contributed by atoms with Crippen LogP contribution in [0.3, 0.4) is 0 Å². The predicted octanol–water partition coefficient (Wildman–Crippen LogP) is 1.27. The maximum atomic E-state index is 12.8. The lowest BCUT2D eigenvalue weighted by atomic mass is 9.99. The molecule has 2 saturated heterocycles. The maximum Gasteiger partial charge on any atom is 0.257 e. The van der Waals surface area contributed by atoms with Gasteiger partial charge in [-0.3, -0.25) is 9.48 Å². The van der Waals surface area contributed by atoms with E-state index in [0.29, 0.717) is 44.2 Å². The number of aryl methyl sites for hydroxylation is 1. The zero-order valence-corrected chi connectivity index (χ0v) is 14.3. The Balaban J connectivity index is 1.46. The van der Waals surface area contributed by atoms with E-state index in [1.165, 1.54) is 6.33 Å². The van der Waals surface area contributed by atoms with Crippen molar-refractivity contribution in [1.82, 2.24) is 19.7 Å². The van der Waals surface area contributed by atoms with Crippen LogP contribution >= 0.6 is 0 Å². The largest absolute Gasteiger partial charge is 0.469 e. The zero-order valence-electron chi connectivity index (χ0n) is 14.3. The summed E-state index contributed by atoms with van der Waals surface area (Å²) in [7, 11) is 0. The molecule has 0 saturated carbocycles. The van der Waals surface area contributed by atoms with Gasteiger partial charge in [0.2, 0.25) is 0 Å². The fraction of sp³-hybridized carbons (Fsp3) is 0.588. The van der Waals surface area contributed by atoms with Gasteiger partial charge in [0.1, 0.15) is 24.0 Å². The lowest BCUT2D eigenvalue weighted by Gasteiger charge is -2.32. The Labute approximate surface area is 145 Å². The summed E-state index contributed by atoms with van der Waals surface area (Å²) in [5.41, 5.74) is 0.156. The zero-order chi connectivity index (χ0) is 17.3. The van der Waals surface area contributed by atoms with E-state index >= 15 is 0 Å². The van der Waals surface area contributed by atoms with Crippen molar-refractivity contribution in [2.45, 2.75) is 38.0 Å². The number of amides is 1. The highest BCUT2D eigenvalue weighted by molar-refractivity contribution is 5.95. The maximum absolute atomic E-state index is 12.8. The molecule has 2 aromatic heterocycles. The summed E-state index contributed by atoms with van der Waals surface area (Å²) < 4.78 is 19.2. The van der Waals surface area contributed by atoms with Crippen LogP contribution in [-0.2, 0) is 16.0 Å². The highest BCUT2D eigenvalue weighted by Crippen LogP contribution is 2.34. The van der Waals surface area contributed by atoms with Crippen molar-refractivity contribution < 1.29 is 18.7 Å². The first-order chi connectivity index (χ1) is 12.2. The van der Waals surface area contributed by atoms with Crippen LogP contribution in [0.5, 0.6) is 0 Å². The van der Waals surface area contributed by atoms with Crippen LogP contribution in [0.15, 0.2) is 29.4 Å². The Morgan fingerprint density at radius 3 is 3.16 bits per heavy atom. The molecule has 0 bridgehead atoms. The average molecular weight is 346 g/mol. The highest BCUT2D eigenvalue weighted by atomic mass is 16.6. The van der Waals surface area contributed by atoms with E-state index in [2.05, 4.69) is 10.1 Å². The van der Waals surface area contributed by atoms with Gasteiger partial charge in [0, 0.05) is 6.54 Å². The second-order valence-corrected chi connectivity index (χ2v) is 6.75. The number of carbonyl (C=O) groups is 1. The summed E-state index contributed by atoms with van der Waals surface area (Å²) in [5, 5.41) is 4.14. The number of furan rings is 1. The van der Waals surface area contributed by atoms with Gasteiger partial charge in [0.05, 0.1) is 44.2 Å². The predicted molar refractivity (Wildman–Crippen MR) is 87.0 cm³/mol. The van der Waals surface area contributed by atoms with Crippen molar-refractivity contribution >= 4 is 5.91 Å². The van der Waals surface area contributed by atoms with Crippen molar-refractivity contribution in [2.24, 2.45) is 0 Å². The highest BCUT2D eigenvalue weighted by Gasteiger charge is 2.44. The molecular weight excluding hydrogens is 324 g/mol. The van der Waals surface area contributed by atoms with Crippen molar-refractivity contribution in [1.29, 1.82) is 0 Å². The van der Waals surface area contributed by atoms with Crippen LogP contribution in [0.2, 0.25) is 0 Å². The van der Waals surface area contributed by atoms with Gasteiger partial charge in [0.25, 0.3) is 5.91 Å². The van der Waals surface area contributed by atoms with Crippen LogP contribution < -0.4 is 0 Å².